The smallest absolute Gasteiger partial charge is 0.306 e. The Balaban J connectivity index is 1.45. The fraction of sp³-hybridized carbons (Fsp3) is 0.333. The van der Waals surface area contributed by atoms with E-state index in [-0.39, 0.29) is 18.8 Å². The molecule has 5 rings (SSSR count). The molecule has 0 spiro atoms. The zero-order valence-corrected chi connectivity index (χ0v) is 22.2. The third-order valence-corrected chi connectivity index (χ3v) is 7.19. The summed E-state index contributed by atoms with van der Waals surface area (Å²) in [6, 6.07) is 12.8. The number of hydrogen-bond donors (Lipinski definition) is 1. The molecular formula is C30H31NO8. The molecule has 3 aromatic rings. The Morgan fingerprint density at radius 2 is 1.82 bits per heavy atom. The number of benzene rings is 2. The van der Waals surface area contributed by atoms with Gasteiger partial charge < -0.3 is 28.5 Å². The van der Waals surface area contributed by atoms with E-state index in [1.165, 1.54) is 18.7 Å². The van der Waals surface area contributed by atoms with Crippen LogP contribution in [-0.2, 0) is 29.0 Å². The zero-order chi connectivity index (χ0) is 27.5. The van der Waals surface area contributed by atoms with Crippen LogP contribution in [0.5, 0.6) is 23.0 Å². The second-order valence-electron chi connectivity index (χ2n) is 9.60. The lowest BCUT2D eigenvalue weighted by molar-refractivity contribution is -0.141. The summed E-state index contributed by atoms with van der Waals surface area (Å²) in [5.74, 6) is 0.739. The first-order valence-corrected chi connectivity index (χ1v) is 12.7. The minimum absolute atomic E-state index is 0.0287. The first kappa shape index (κ1) is 26.4. The molecule has 2 aliphatic rings. The maximum absolute atomic E-state index is 12.9. The molecule has 2 aliphatic heterocycles. The quantitative estimate of drug-likeness (QED) is 0.429. The van der Waals surface area contributed by atoms with Gasteiger partial charge in [0.25, 0.3) is 0 Å². The highest BCUT2D eigenvalue weighted by Gasteiger charge is 2.31. The van der Waals surface area contributed by atoms with Crippen LogP contribution in [-0.4, -0.2) is 50.5 Å². The molecule has 0 unspecified atom stereocenters. The monoisotopic (exact) mass is 533 g/mol. The molecule has 9 heteroatoms. The average molecular weight is 534 g/mol. The molecule has 1 atom stereocenters. The lowest BCUT2D eigenvalue weighted by Crippen LogP contribution is -2.30. The van der Waals surface area contributed by atoms with E-state index >= 15 is 0 Å². The summed E-state index contributed by atoms with van der Waals surface area (Å²) in [5, 5.41) is 10.8. The largest absolute Gasteiger partial charge is 0.502 e. The van der Waals surface area contributed by atoms with Crippen LogP contribution < -0.4 is 19.6 Å². The zero-order valence-electron chi connectivity index (χ0n) is 22.2. The summed E-state index contributed by atoms with van der Waals surface area (Å²) in [5.41, 5.74) is 3.25. The number of esters is 1. The Labute approximate surface area is 226 Å². The highest BCUT2D eigenvalue weighted by Crippen LogP contribution is 2.39. The lowest BCUT2D eigenvalue weighted by Gasteiger charge is -2.29. The second kappa shape index (κ2) is 11.2. The maximum atomic E-state index is 12.9. The van der Waals surface area contributed by atoms with E-state index in [0.29, 0.717) is 35.9 Å². The Morgan fingerprint density at radius 1 is 1.08 bits per heavy atom. The van der Waals surface area contributed by atoms with Gasteiger partial charge in [0.1, 0.15) is 18.1 Å². The number of aromatic hydroxyl groups is 1. The number of hydrogen-bond acceptors (Lipinski definition) is 9. The third kappa shape index (κ3) is 5.49. The van der Waals surface area contributed by atoms with E-state index in [0.717, 1.165) is 29.8 Å². The van der Waals surface area contributed by atoms with Gasteiger partial charge in [-0.05, 0) is 47.4 Å². The maximum Gasteiger partial charge on any atom is 0.306 e. The van der Waals surface area contributed by atoms with E-state index in [9.17, 15) is 14.7 Å². The number of carbonyl (C=O) groups excluding carboxylic acids is 1. The van der Waals surface area contributed by atoms with Gasteiger partial charge in [0.2, 0.25) is 11.2 Å². The van der Waals surface area contributed by atoms with E-state index < -0.39 is 23.1 Å². The van der Waals surface area contributed by atoms with Crippen molar-refractivity contribution < 1.29 is 33.3 Å². The van der Waals surface area contributed by atoms with Gasteiger partial charge in [0, 0.05) is 24.7 Å². The molecule has 0 amide bonds. The molecule has 0 saturated carbocycles. The minimum Gasteiger partial charge on any atom is -0.502 e. The van der Waals surface area contributed by atoms with Crippen LogP contribution in [0.2, 0.25) is 0 Å². The highest BCUT2D eigenvalue weighted by atomic mass is 16.5. The molecule has 1 aromatic heterocycles. The summed E-state index contributed by atoms with van der Waals surface area (Å²) in [6.07, 6.45) is 2.58. The summed E-state index contributed by atoms with van der Waals surface area (Å²) in [6.45, 7) is 1.89. The van der Waals surface area contributed by atoms with Crippen LogP contribution in [0.15, 0.2) is 57.2 Å². The number of carbonyl (C=O) groups is 1. The molecule has 39 heavy (non-hydrogen) atoms. The van der Waals surface area contributed by atoms with Crippen molar-refractivity contribution in [2.45, 2.75) is 31.8 Å². The Bertz CT molecular complexity index is 1470. The fourth-order valence-corrected chi connectivity index (χ4v) is 5.14. The molecule has 0 saturated heterocycles. The summed E-state index contributed by atoms with van der Waals surface area (Å²) in [7, 11) is 4.52. The van der Waals surface area contributed by atoms with Crippen molar-refractivity contribution in [3.05, 3.63) is 86.5 Å². The van der Waals surface area contributed by atoms with Crippen LogP contribution in [0.4, 0.5) is 0 Å². The number of fused-ring (bicyclic) bond motifs is 2. The van der Waals surface area contributed by atoms with Crippen molar-refractivity contribution >= 4 is 12.0 Å². The molecular weight excluding hydrogens is 502 g/mol. The Morgan fingerprint density at radius 3 is 2.56 bits per heavy atom. The van der Waals surface area contributed by atoms with Crippen molar-refractivity contribution in [2.24, 2.45) is 0 Å². The van der Waals surface area contributed by atoms with Gasteiger partial charge in [-0.25, -0.2) is 0 Å². The van der Waals surface area contributed by atoms with Crippen molar-refractivity contribution in [2.75, 3.05) is 34.5 Å². The molecule has 3 heterocycles. The van der Waals surface area contributed by atoms with Gasteiger partial charge in [0.05, 0.1) is 40.2 Å². The predicted molar refractivity (Wildman–Crippen MR) is 143 cm³/mol. The number of ether oxygens (including phenoxy) is 4. The van der Waals surface area contributed by atoms with E-state index in [1.807, 2.05) is 42.5 Å². The van der Waals surface area contributed by atoms with E-state index in [2.05, 4.69) is 4.90 Å². The molecule has 2 aromatic carbocycles. The SMILES string of the molecule is COC(=O)C[C@@H](C1=Cc2ccccc2OC1)c1oc(CN2CCc3cc(OC)c(OC)cc3C2)cc(=O)c1O. The Hall–Kier alpha value is -4.24. The van der Waals surface area contributed by atoms with Crippen LogP contribution >= 0.6 is 0 Å². The van der Waals surface area contributed by atoms with Crippen molar-refractivity contribution in [1.82, 2.24) is 4.90 Å². The summed E-state index contributed by atoms with van der Waals surface area (Å²) >= 11 is 0. The van der Waals surface area contributed by atoms with Gasteiger partial charge >= 0.3 is 5.97 Å². The standard InChI is InChI=1S/C30H31NO8/c1-35-26-11-18-8-9-31(15-20(18)12-27(26)36-2)16-22-13-24(32)29(34)30(39-22)23(14-28(33)37-3)21-10-19-6-4-5-7-25(19)38-17-21/h4-7,10-13,23,34H,8-9,14-17H2,1-3H3/t23-/m0/s1. The lowest BCUT2D eigenvalue weighted by atomic mass is 9.89. The molecule has 0 radical (unpaired) electrons. The first-order valence-electron chi connectivity index (χ1n) is 12.7. The second-order valence-corrected chi connectivity index (χ2v) is 9.60. The number of nitrogens with zero attached hydrogens (tertiary/aromatic N) is 1. The molecule has 204 valence electrons. The summed E-state index contributed by atoms with van der Waals surface area (Å²) < 4.78 is 27.9. The van der Waals surface area contributed by atoms with Crippen LogP contribution in [0.3, 0.4) is 0 Å². The van der Waals surface area contributed by atoms with Gasteiger partial charge in [-0.3, -0.25) is 14.5 Å². The average Bonchev–Trinajstić information content (AvgIpc) is 2.96. The normalized spacial score (nSPS) is 15.3. The van der Waals surface area contributed by atoms with Gasteiger partial charge in [-0.2, -0.15) is 0 Å². The predicted octanol–water partition coefficient (Wildman–Crippen LogP) is 4.04. The van der Waals surface area contributed by atoms with Crippen molar-refractivity contribution in [3.63, 3.8) is 0 Å². The third-order valence-electron chi connectivity index (χ3n) is 7.19. The fourth-order valence-electron chi connectivity index (χ4n) is 5.14. The molecule has 0 aliphatic carbocycles. The van der Waals surface area contributed by atoms with Crippen molar-refractivity contribution in [1.29, 1.82) is 0 Å². The van der Waals surface area contributed by atoms with Gasteiger partial charge in [-0.15, -0.1) is 0 Å². The molecule has 0 bridgehead atoms. The van der Waals surface area contributed by atoms with Crippen LogP contribution in [0, 0.1) is 0 Å². The van der Waals surface area contributed by atoms with Gasteiger partial charge in [0.15, 0.2) is 17.3 Å². The molecule has 1 N–H and O–H groups in total. The topological polar surface area (TPSA) is 108 Å². The highest BCUT2D eigenvalue weighted by molar-refractivity contribution is 5.73. The number of rotatable bonds is 8. The van der Waals surface area contributed by atoms with E-state index in [4.69, 9.17) is 23.4 Å². The van der Waals surface area contributed by atoms with Crippen LogP contribution in [0.25, 0.3) is 6.08 Å². The molecule has 9 nitrogen and oxygen atoms in total. The van der Waals surface area contributed by atoms with Crippen LogP contribution in [0.1, 0.15) is 40.5 Å². The first-order chi connectivity index (χ1) is 18.9. The number of methoxy groups -OCH3 is 3. The Kier molecular flexibility index (Phi) is 7.60. The summed E-state index contributed by atoms with van der Waals surface area (Å²) in [4.78, 5) is 27.4. The minimum atomic E-state index is -0.739. The van der Waals surface area contributed by atoms with Gasteiger partial charge in [-0.1, -0.05) is 18.2 Å². The van der Waals surface area contributed by atoms with E-state index in [1.54, 1.807) is 14.2 Å². The molecule has 0 fully saturated rings. The number of para-hydroxylation sites is 1. The van der Waals surface area contributed by atoms with Crippen molar-refractivity contribution in [3.8, 4) is 23.0 Å².